The number of amides is 2. The molecule has 0 spiro atoms. The standard InChI is InChI=1S/C10H12N2O/c1-10(7-11-9(13)12-10)8-5-3-2-4-6-8/h2-6H,7H2,1H3,(H2,11,12,13). The van der Waals surface area contributed by atoms with E-state index in [4.69, 9.17) is 0 Å². The molecule has 1 heterocycles. The van der Waals surface area contributed by atoms with Crippen molar-refractivity contribution in [3.05, 3.63) is 35.9 Å². The Balaban J connectivity index is 2.31. The Bertz CT molecular complexity index is 323. The van der Waals surface area contributed by atoms with Gasteiger partial charge in [0.15, 0.2) is 0 Å². The van der Waals surface area contributed by atoms with Crippen molar-refractivity contribution in [2.24, 2.45) is 0 Å². The lowest BCUT2D eigenvalue weighted by Crippen LogP contribution is -2.37. The van der Waals surface area contributed by atoms with Gasteiger partial charge in [0.25, 0.3) is 0 Å². The Morgan fingerprint density at radius 2 is 2.00 bits per heavy atom. The Morgan fingerprint density at radius 1 is 1.31 bits per heavy atom. The second-order valence-corrected chi connectivity index (χ2v) is 3.51. The first-order chi connectivity index (χ1) is 6.21. The molecule has 0 aromatic heterocycles. The molecule has 1 aliphatic rings. The number of carbonyl (C=O) groups excluding carboxylic acids is 1. The van der Waals surface area contributed by atoms with Crippen molar-refractivity contribution >= 4 is 6.03 Å². The van der Waals surface area contributed by atoms with Crippen LogP contribution >= 0.6 is 0 Å². The topological polar surface area (TPSA) is 41.1 Å². The molecule has 1 fully saturated rings. The van der Waals surface area contributed by atoms with Gasteiger partial charge in [0.05, 0.1) is 5.54 Å². The third kappa shape index (κ3) is 1.37. The molecule has 13 heavy (non-hydrogen) atoms. The maximum Gasteiger partial charge on any atom is 0.315 e. The summed E-state index contributed by atoms with van der Waals surface area (Å²) < 4.78 is 0. The van der Waals surface area contributed by atoms with E-state index in [-0.39, 0.29) is 11.6 Å². The van der Waals surface area contributed by atoms with Gasteiger partial charge >= 0.3 is 6.03 Å². The second-order valence-electron chi connectivity index (χ2n) is 3.51. The van der Waals surface area contributed by atoms with Gasteiger partial charge in [0.2, 0.25) is 0 Å². The lowest BCUT2D eigenvalue weighted by Gasteiger charge is -2.22. The lowest BCUT2D eigenvalue weighted by molar-refractivity contribution is 0.245. The van der Waals surface area contributed by atoms with E-state index in [1.165, 1.54) is 0 Å². The van der Waals surface area contributed by atoms with Crippen LogP contribution in [0.15, 0.2) is 30.3 Å². The van der Waals surface area contributed by atoms with Gasteiger partial charge in [-0.2, -0.15) is 0 Å². The van der Waals surface area contributed by atoms with Gasteiger partial charge in [0.1, 0.15) is 0 Å². The molecule has 68 valence electrons. The van der Waals surface area contributed by atoms with Gasteiger partial charge in [-0.05, 0) is 12.5 Å². The number of carbonyl (C=O) groups is 1. The van der Waals surface area contributed by atoms with Crippen molar-refractivity contribution in [1.82, 2.24) is 10.6 Å². The zero-order chi connectivity index (χ0) is 9.31. The van der Waals surface area contributed by atoms with E-state index >= 15 is 0 Å². The molecule has 1 aromatic carbocycles. The van der Waals surface area contributed by atoms with Gasteiger partial charge in [-0.25, -0.2) is 4.79 Å². The van der Waals surface area contributed by atoms with E-state index in [1.54, 1.807) is 0 Å². The van der Waals surface area contributed by atoms with Crippen molar-refractivity contribution in [3.8, 4) is 0 Å². The van der Waals surface area contributed by atoms with Crippen LogP contribution in [0.3, 0.4) is 0 Å². The van der Waals surface area contributed by atoms with Crippen molar-refractivity contribution < 1.29 is 4.79 Å². The van der Waals surface area contributed by atoms with Crippen LogP contribution in [0.25, 0.3) is 0 Å². The minimum atomic E-state index is -0.252. The van der Waals surface area contributed by atoms with Crippen molar-refractivity contribution in [1.29, 1.82) is 0 Å². The molecule has 1 atom stereocenters. The van der Waals surface area contributed by atoms with E-state index in [0.717, 1.165) is 5.56 Å². The number of hydrogen-bond donors (Lipinski definition) is 2. The summed E-state index contributed by atoms with van der Waals surface area (Å²) in [5.41, 5.74) is 0.881. The summed E-state index contributed by atoms with van der Waals surface area (Å²) in [4.78, 5) is 11.0. The summed E-state index contributed by atoms with van der Waals surface area (Å²) in [5.74, 6) is 0. The molecule has 0 aliphatic carbocycles. The zero-order valence-corrected chi connectivity index (χ0v) is 7.50. The van der Waals surface area contributed by atoms with Crippen LogP contribution < -0.4 is 10.6 Å². The maximum absolute atomic E-state index is 11.0. The third-order valence-electron chi connectivity index (χ3n) is 2.40. The quantitative estimate of drug-likeness (QED) is 0.663. The van der Waals surface area contributed by atoms with Crippen LogP contribution in [0.2, 0.25) is 0 Å². The highest BCUT2D eigenvalue weighted by Crippen LogP contribution is 2.21. The molecule has 0 radical (unpaired) electrons. The molecule has 3 heteroatoms. The molecule has 1 aliphatic heterocycles. The van der Waals surface area contributed by atoms with E-state index in [9.17, 15) is 4.79 Å². The average molecular weight is 176 g/mol. The van der Waals surface area contributed by atoms with Crippen molar-refractivity contribution in [2.45, 2.75) is 12.5 Å². The molecule has 0 bridgehead atoms. The van der Waals surface area contributed by atoms with Gasteiger partial charge in [-0.3, -0.25) is 0 Å². The second kappa shape index (κ2) is 2.76. The predicted octanol–water partition coefficient (Wildman–Crippen LogP) is 1.21. The van der Waals surface area contributed by atoms with Gasteiger partial charge in [-0.15, -0.1) is 0 Å². The molecule has 0 saturated carbocycles. The van der Waals surface area contributed by atoms with E-state index in [2.05, 4.69) is 10.6 Å². The highest BCUT2D eigenvalue weighted by atomic mass is 16.2. The molecule has 3 nitrogen and oxygen atoms in total. The maximum atomic E-state index is 11.0. The number of benzene rings is 1. The summed E-state index contributed by atoms with van der Waals surface area (Å²) in [6.07, 6.45) is 0. The highest BCUT2D eigenvalue weighted by molar-refractivity contribution is 5.77. The summed E-state index contributed by atoms with van der Waals surface area (Å²) in [7, 11) is 0. The summed E-state index contributed by atoms with van der Waals surface area (Å²) in [6.45, 7) is 2.66. The fourth-order valence-electron chi connectivity index (χ4n) is 1.58. The first-order valence-electron chi connectivity index (χ1n) is 4.32. The van der Waals surface area contributed by atoms with E-state index in [0.29, 0.717) is 6.54 Å². The number of urea groups is 1. The minimum absolute atomic E-state index is 0.0913. The first kappa shape index (κ1) is 8.10. The van der Waals surface area contributed by atoms with Crippen LogP contribution in [0.4, 0.5) is 4.79 Å². The van der Waals surface area contributed by atoms with E-state index in [1.807, 2.05) is 37.3 Å². The van der Waals surface area contributed by atoms with Gasteiger partial charge < -0.3 is 10.6 Å². The molecular formula is C10H12N2O. The molecule has 1 unspecified atom stereocenters. The van der Waals surface area contributed by atoms with Crippen molar-refractivity contribution in [2.75, 3.05) is 6.54 Å². The number of rotatable bonds is 1. The lowest BCUT2D eigenvalue weighted by atomic mass is 9.93. The van der Waals surface area contributed by atoms with E-state index < -0.39 is 0 Å². The molecule has 2 rings (SSSR count). The van der Waals surface area contributed by atoms with Crippen LogP contribution in [0.5, 0.6) is 0 Å². The fraction of sp³-hybridized carbons (Fsp3) is 0.300. The molecule has 1 saturated heterocycles. The predicted molar refractivity (Wildman–Crippen MR) is 50.3 cm³/mol. The van der Waals surface area contributed by atoms with Crippen molar-refractivity contribution in [3.63, 3.8) is 0 Å². The van der Waals surface area contributed by atoms with Crippen LogP contribution in [-0.2, 0) is 5.54 Å². The molecular weight excluding hydrogens is 164 g/mol. The number of nitrogens with one attached hydrogen (secondary N) is 2. The Hall–Kier alpha value is -1.51. The third-order valence-corrected chi connectivity index (χ3v) is 2.40. The fourth-order valence-corrected chi connectivity index (χ4v) is 1.58. The van der Waals surface area contributed by atoms with Crippen LogP contribution in [-0.4, -0.2) is 12.6 Å². The van der Waals surface area contributed by atoms with Crippen LogP contribution in [0.1, 0.15) is 12.5 Å². The highest BCUT2D eigenvalue weighted by Gasteiger charge is 2.33. The molecule has 2 N–H and O–H groups in total. The van der Waals surface area contributed by atoms with Crippen LogP contribution in [0, 0.1) is 0 Å². The monoisotopic (exact) mass is 176 g/mol. The molecule has 2 amide bonds. The number of hydrogen-bond acceptors (Lipinski definition) is 1. The average Bonchev–Trinajstić information content (AvgIpc) is 2.49. The smallest absolute Gasteiger partial charge is 0.315 e. The largest absolute Gasteiger partial charge is 0.335 e. The zero-order valence-electron chi connectivity index (χ0n) is 7.50. The first-order valence-corrected chi connectivity index (χ1v) is 4.32. The Labute approximate surface area is 77.1 Å². The normalized spacial score (nSPS) is 26.7. The SMILES string of the molecule is CC1(c2ccccc2)CNC(=O)N1. The Morgan fingerprint density at radius 3 is 2.54 bits per heavy atom. The Kier molecular flexibility index (Phi) is 1.72. The van der Waals surface area contributed by atoms with Gasteiger partial charge in [0, 0.05) is 6.54 Å². The molecule has 1 aromatic rings. The summed E-state index contributed by atoms with van der Waals surface area (Å²) in [5, 5.41) is 5.66. The van der Waals surface area contributed by atoms with Gasteiger partial charge in [-0.1, -0.05) is 30.3 Å². The summed E-state index contributed by atoms with van der Waals surface area (Å²) >= 11 is 0. The minimum Gasteiger partial charge on any atom is -0.335 e. The summed E-state index contributed by atoms with van der Waals surface area (Å²) in [6, 6.07) is 9.87.